The van der Waals surface area contributed by atoms with E-state index in [1.165, 1.54) is 6.07 Å². The summed E-state index contributed by atoms with van der Waals surface area (Å²) < 4.78 is 16.0. The first-order valence-electron chi connectivity index (χ1n) is 12.3. The Bertz CT molecular complexity index is 1540. The van der Waals surface area contributed by atoms with Crippen LogP contribution in [0.1, 0.15) is 55.7 Å². The number of amides is 1. The normalized spacial score (nSPS) is 14.9. The van der Waals surface area contributed by atoms with Gasteiger partial charge in [0.1, 0.15) is 23.0 Å². The fraction of sp³-hybridized carbons (Fsp3) is 0.333. The molecule has 9 nitrogen and oxygen atoms in total. The number of aromatic nitrogens is 5. The second-order valence-corrected chi connectivity index (χ2v) is 9.91. The average molecular weight is 501 g/mol. The van der Waals surface area contributed by atoms with Crippen LogP contribution in [0.5, 0.6) is 0 Å². The van der Waals surface area contributed by atoms with E-state index in [-0.39, 0.29) is 29.8 Å². The zero-order valence-electron chi connectivity index (χ0n) is 21.3. The number of carbonyl (C=O) groups is 1. The Balaban J connectivity index is 1.65. The highest BCUT2D eigenvalue weighted by Gasteiger charge is 2.40. The molecule has 1 aliphatic heterocycles. The molecule has 0 bridgehead atoms. The Labute approximate surface area is 214 Å². The van der Waals surface area contributed by atoms with Gasteiger partial charge in [-0.25, -0.2) is 29.0 Å². The molecule has 5 rings (SSSR count). The Hall–Kier alpha value is -4.21. The minimum Gasteiger partial charge on any atom is -0.386 e. The van der Waals surface area contributed by atoms with Crippen LogP contribution in [0.15, 0.2) is 47.6 Å². The maximum atomic E-state index is 14.4. The van der Waals surface area contributed by atoms with Crippen LogP contribution in [0.2, 0.25) is 0 Å². The van der Waals surface area contributed by atoms with Crippen LogP contribution in [0.3, 0.4) is 0 Å². The van der Waals surface area contributed by atoms with Crippen LogP contribution >= 0.6 is 0 Å². The van der Waals surface area contributed by atoms with Crippen LogP contribution in [-0.4, -0.2) is 43.0 Å². The van der Waals surface area contributed by atoms with E-state index in [9.17, 15) is 9.18 Å². The largest absolute Gasteiger partial charge is 0.386 e. The van der Waals surface area contributed by atoms with Crippen LogP contribution < -0.4 is 11.1 Å². The van der Waals surface area contributed by atoms with E-state index >= 15 is 0 Å². The van der Waals surface area contributed by atoms with E-state index < -0.39 is 5.41 Å². The number of aliphatic imine (C=N–C) groups is 1. The Morgan fingerprint density at radius 3 is 2.73 bits per heavy atom. The first kappa shape index (κ1) is 24.5. The number of nitrogens with one attached hydrogen (secondary N) is 1. The molecule has 37 heavy (non-hydrogen) atoms. The summed E-state index contributed by atoms with van der Waals surface area (Å²) in [7, 11) is 0. The maximum absolute atomic E-state index is 14.4. The number of rotatable bonds is 7. The fourth-order valence-corrected chi connectivity index (χ4v) is 4.33. The van der Waals surface area contributed by atoms with Gasteiger partial charge in [-0.1, -0.05) is 38.5 Å². The van der Waals surface area contributed by atoms with Crippen LogP contribution in [0.4, 0.5) is 10.2 Å². The molecule has 1 aromatic carbocycles. The van der Waals surface area contributed by atoms with E-state index in [1.54, 1.807) is 35.1 Å². The molecule has 4 aromatic rings. The van der Waals surface area contributed by atoms with E-state index in [1.807, 2.05) is 19.9 Å². The molecule has 4 heterocycles. The molecule has 0 saturated heterocycles. The first-order valence-corrected chi connectivity index (χ1v) is 12.3. The standard InChI is InChI=1S/C27H29FN8O/c1-5-15(2)13-31-25(37)21-19-22(34-26(29)27(19,3)4)33-23(32-21)20-17-10-8-12-30-24(17)36(35-20)14-16-9-6-7-11-18(16)28/h6-12,15H,5,13-14H2,1-4H3,(H,31,37)(H2,29,32,33,34). The van der Waals surface area contributed by atoms with Gasteiger partial charge >= 0.3 is 0 Å². The lowest BCUT2D eigenvalue weighted by atomic mass is 9.84. The summed E-state index contributed by atoms with van der Waals surface area (Å²) in [5, 5.41) is 8.39. The molecular weight excluding hydrogens is 471 g/mol. The van der Waals surface area contributed by atoms with Gasteiger partial charge in [0.25, 0.3) is 5.91 Å². The first-order chi connectivity index (χ1) is 17.7. The molecule has 0 saturated carbocycles. The maximum Gasteiger partial charge on any atom is 0.270 e. The number of halogens is 1. The molecule has 1 unspecified atom stereocenters. The molecule has 0 aliphatic carbocycles. The molecule has 1 atom stereocenters. The lowest BCUT2D eigenvalue weighted by molar-refractivity contribution is 0.0941. The van der Waals surface area contributed by atoms with Crippen molar-refractivity contribution in [1.82, 2.24) is 30.0 Å². The van der Waals surface area contributed by atoms with E-state index in [0.29, 0.717) is 52.0 Å². The van der Waals surface area contributed by atoms with Gasteiger partial charge in [0, 0.05) is 23.9 Å². The number of carbonyl (C=O) groups excluding carboxylic acids is 1. The third-order valence-corrected chi connectivity index (χ3v) is 6.90. The minimum atomic E-state index is -0.704. The van der Waals surface area contributed by atoms with Crippen molar-refractivity contribution in [2.24, 2.45) is 16.6 Å². The van der Waals surface area contributed by atoms with Crippen molar-refractivity contribution in [2.45, 2.75) is 46.1 Å². The van der Waals surface area contributed by atoms with Crippen molar-refractivity contribution >= 4 is 28.6 Å². The van der Waals surface area contributed by atoms with Gasteiger partial charge < -0.3 is 11.1 Å². The predicted molar refractivity (Wildman–Crippen MR) is 140 cm³/mol. The van der Waals surface area contributed by atoms with Crippen molar-refractivity contribution in [3.63, 3.8) is 0 Å². The molecule has 0 fully saturated rings. The summed E-state index contributed by atoms with van der Waals surface area (Å²) >= 11 is 0. The van der Waals surface area contributed by atoms with Crippen molar-refractivity contribution in [3.05, 3.63) is 65.2 Å². The Morgan fingerprint density at radius 1 is 1.19 bits per heavy atom. The average Bonchev–Trinajstić information content (AvgIpc) is 3.36. The summed E-state index contributed by atoms with van der Waals surface area (Å²) in [6.07, 6.45) is 2.59. The SMILES string of the molecule is CCC(C)CNC(=O)c1nc(-c2nn(Cc3ccccc3F)c3ncccc23)nc2c1C(C)(C)C(N)=N2. The van der Waals surface area contributed by atoms with E-state index in [4.69, 9.17) is 15.8 Å². The molecule has 0 spiro atoms. The highest BCUT2D eigenvalue weighted by molar-refractivity contribution is 6.04. The van der Waals surface area contributed by atoms with Crippen LogP contribution in [-0.2, 0) is 12.0 Å². The molecule has 1 amide bonds. The molecular formula is C27H29FN8O. The van der Waals surface area contributed by atoms with Crippen molar-refractivity contribution in [3.8, 4) is 11.5 Å². The third-order valence-electron chi connectivity index (χ3n) is 6.90. The number of amidine groups is 1. The van der Waals surface area contributed by atoms with Gasteiger partial charge in [-0.3, -0.25) is 4.79 Å². The minimum absolute atomic E-state index is 0.172. The Kier molecular flexibility index (Phi) is 6.18. The molecule has 10 heteroatoms. The van der Waals surface area contributed by atoms with Gasteiger partial charge in [-0.15, -0.1) is 0 Å². The third kappa shape index (κ3) is 4.32. The van der Waals surface area contributed by atoms with Crippen molar-refractivity contribution in [1.29, 1.82) is 0 Å². The lowest BCUT2D eigenvalue weighted by Gasteiger charge is -2.21. The summed E-state index contributed by atoms with van der Waals surface area (Å²) in [5.74, 6) is 0.614. The summed E-state index contributed by atoms with van der Waals surface area (Å²) in [5.41, 5.74) is 7.80. The number of pyridine rings is 1. The van der Waals surface area contributed by atoms with Crippen LogP contribution in [0.25, 0.3) is 22.6 Å². The monoisotopic (exact) mass is 500 g/mol. The predicted octanol–water partition coefficient (Wildman–Crippen LogP) is 4.13. The highest BCUT2D eigenvalue weighted by Crippen LogP contribution is 2.40. The van der Waals surface area contributed by atoms with Crippen molar-refractivity contribution < 1.29 is 9.18 Å². The second-order valence-electron chi connectivity index (χ2n) is 9.91. The van der Waals surface area contributed by atoms with E-state index in [0.717, 1.165) is 6.42 Å². The van der Waals surface area contributed by atoms with Crippen molar-refractivity contribution in [2.75, 3.05) is 6.54 Å². The topological polar surface area (TPSA) is 124 Å². The number of nitrogens with two attached hydrogens (primary N) is 1. The lowest BCUT2D eigenvalue weighted by Crippen LogP contribution is -2.36. The fourth-order valence-electron chi connectivity index (χ4n) is 4.33. The van der Waals surface area contributed by atoms with Gasteiger partial charge in [0.2, 0.25) is 0 Å². The number of hydrogen-bond acceptors (Lipinski definition) is 7. The molecule has 3 aromatic heterocycles. The molecule has 190 valence electrons. The molecule has 1 aliphatic rings. The summed E-state index contributed by atoms with van der Waals surface area (Å²) in [4.78, 5) is 31.7. The van der Waals surface area contributed by atoms with Gasteiger partial charge in [-0.05, 0) is 38.0 Å². The zero-order chi connectivity index (χ0) is 26.3. The van der Waals surface area contributed by atoms with Gasteiger partial charge in [0.15, 0.2) is 17.3 Å². The number of nitrogens with zero attached hydrogens (tertiary/aromatic N) is 6. The van der Waals surface area contributed by atoms with Gasteiger partial charge in [-0.2, -0.15) is 5.10 Å². The zero-order valence-corrected chi connectivity index (χ0v) is 21.3. The van der Waals surface area contributed by atoms with Gasteiger partial charge in [0.05, 0.1) is 17.3 Å². The summed E-state index contributed by atoms with van der Waals surface area (Å²) in [6.45, 7) is 8.63. The quantitative estimate of drug-likeness (QED) is 0.393. The molecule has 0 radical (unpaired) electrons. The van der Waals surface area contributed by atoms with Crippen LogP contribution in [0, 0.1) is 11.7 Å². The summed E-state index contributed by atoms with van der Waals surface area (Å²) in [6, 6.07) is 10.2. The van der Waals surface area contributed by atoms with E-state index in [2.05, 4.69) is 34.1 Å². The number of benzene rings is 1. The highest BCUT2D eigenvalue weighted by atomic mass is 19.1. The Morgan fingerprint density at radius 2 is 1.97 bits per heavy atom. The number of hydrogen-bond donors (Lipinski definition) is 2. The second kappa shape index (κ2) is 9.34. The smallest absolute Gasteiger partial charge is 0.270 e. The number of fused-ring (bicyclic) bond motifs is 2. The molecule has 3 N–H and O–H groups in total.